The van der Waals surface area contributed by atoms with Gasteiger partial charge in [0.2, 0.25) is 0 Å². The van der Waals surface area contributed by atoms with Crippen molar-refractivity contribution in [3.8, 4) is 0 Å². The lowest BCUT2D eigenvalue weighted by atomic mass is 10.3. The van der Waals surface area contributed by atoms with Crippen molar-refractivity contribution in [1.82, 2.24) is 0 Å². The number of alkyl halides is 2. The molecule has 0 amide bonds. The highest BCUT2D eigenvalue weighted by Gasteiger charge is 1.93. The predicted molar refractivity (Wildman–Crippen MR) is 25.9 cm³/mol. The molecule has 0 heterocycles. The highest BCUT2D eigenvalue weighted by atomic mass is 35.5. The molecule has 0 aromatic heterocycles. The second kappa shape index (κ2) is 3.41. The molecule has 0 fully saturated rings. The van der Waals surface area contributed by atoms with E-state index >= 15 is 0 Å². The summed E-state index contributed by atoms with van der Waals surface area (Å²) in [5.41, 5.74) is 0. The fraction of sp³-hybridized carbons (Fsp3) is 1.00. The summed E-state index contributed by atoms with van der Waals surface area (Å²) < 4.78 is 11.3. The summed E-state index contributed by atoms with van der Waals surface area (Å²) in [6.07, 6.45) is 0. The molecule has 0 saturated heterocycles. The van der Waals surface area contributed by atoms with E-state index in [-0.39, 0.29) is 12.6 Å². The molecule has 38 valence electrons. The molecule has 0 saturated carbocycles. The average molecular weight is 111 g/mol. The van der Waals surface area contributed by atoms with E-state index in [4.69, 9.17) is 11.6 Å². The second-order valence-corrected chi connectivity index (χ2v) is 1.72. The van der Waals surface area contributed by atoms with Crippen molar-refractivity contribution in [1.29, 1.82) is 0 Å². The van der Waals surface area contributed by atoms with Gasteiger partial charge in [-0.05, 0) is 5.92 Å². The van der Waals surface area contributed by atoms with Gasteiger partial charge in [-0.3, -0.25) is 4.39 Å². The molecule has 0 nitrogen and oxygen atoms in total. The van der Waals surface area contributed by atoms with Gasteiger partial charge in [0, 0.05) is 5.88 Å². The van der Waals surface area contributed by atoms with Crippen molar-refractivity contribution in [3.05, 3.63) is 0 Å². The van der Waals surface area contributed by atoms with Gasteiger partial charge in [0.05, 0.1) is 6.67 Å². The van der Waals surface area contributed by atoms with Crippen molar-refractivity contribution in [2.24, 2.45) is 5.92 Å². The summed E-state index contributed by atoms with van der Waals surface area (Å²) in [7, 11) is 0. The van der Waals surface area contributed by atoms with E-state index in [0.29, 0.717) is 5.88 Å². The first-order chi connectivity index (χ1) is 2.81. The number of hydrogen-bond acceptors (Lipinski definition) is 0. The van der Waals surface area contributed by atoms with Crippen LogP contribution in [-0.2, 0) is 0 Å². The molecular weight excluding hydrogens is 102 g/mol. The third kappa shape index (κ3) is 2.46. The largest absolute Gasteiger partial charge is 0.251 e. The van der Waals surface area contributed by atoms with Crippen LogP contribution in [0, 0.1) is 5.92 Å². The van der Waals surface area contributed by atoms with E-state index in [0.717, 1.165) is 0 Å². The van der Waals surface area contributed by atoms with Gasteiger partial charge in [-0.1, -0.05) is 6.92 Å². The first-order valence-corrected chi connectivity index (χ1v) is 2.46. The van der Waals surface area contributed by atoms with Crippen LogP contribution in [0.3, 0.4) is 0 Å². The number of halogens is 2. The second-order valence-electron chi connectivity index (χ2n) is 1.41. The van der Waals surface area contributed by atoms with E-state index in [2.05, 4.69) is 0 Å². The van der Waals surface area contributed by atoms with E-state index in [1.165, 1.54) is 0 Å². The minimum Gasteiger partial charge on any atom is -0.251 e. The standard InChI is InChI=1S/C4H8ClF/c1-4(2-5)3-6/h4H,2-3H2,1H3/t4-/m1/s1. The molecule has 2 heteroatoms. The molecule has 0 bridgehead atoms. The lowest BCUT2D eigenvalue weighted by molar-refractivity contribution is 0.407. The highest BCUT2D eigenvalue weighted by Crippen LogP contribution is 1.95. The maximum atomic E-state index is 11.3. The van der Waals surface area contributed by atoms with Crippen LogP contribution < -0.4 is 0 Å². The molecule has 0 N–H and O–H groups in total. The Kier molecular flexibility index (Phi) is 3.54. The zero-order valence-corrected chi connectivity index (χ0v) is 4.50. The molecule has 6 heavy (non-hydrogen) atoms. The maximum Gasteiger partial charge on any atom is 0.0931 e. The van der Waals surface area contributed by atoms with Crippen LogP contribution in [0.5, 0.6) is 0 Å². The minimum atomic E-state index is -0.302. The number of hydrogen-bond donors (Lipinski definition) is 0. The lowest BCUT2D eigenvalue weighted by Gasteiger charge is -1.94. The van der Waals surface area contributed by atoms with Gasteiger partial charge in [-0.25, -0.2) is 0 Å². The van der Waals surface area contributed by atoms with E-state index in [1.807, 2.05) is 0 Å². The molecular formula is C4H8ClF. The zero-order valence-electron chi connectivity index (χ0n) is 3.75. The van der Waals surface area contributed by atoms with Crippen LogP contribution in [-0.4, -0.2) is 12.6 Å². The monoisotopic (exact) mass is 110 g/mol. The summed E-state index contributed by atoms with van der Waals surface area (Å²) in [5.74, 6) is 0.461. The Morgan fingerprint density at radius 1 is 1.83 bits per heavy atom. The van der Waals surface area contributed by atoms with Crippen LogP contribution in [0.25, 0.3) is 0 Å². The zero-order chi connectivity index (χ0) is 4.99. The van der Waals surface area contributed by atoms with Crippen LogP contribution in [0.4, 0.5) is 4.39 Å². The fourth-order valence-corrected chi connectivity index (χ4v) is 0.124. The van der Waals surface area contributed by atoms with E-state index < -0.39 is 0 Å². The van der Waals surface area contributed by atoms with E-state index in [9.17, 15) is 4.39 Å². The third-order valence-electron chi connectivity index (χ3n) is 0.527. The third-order valence-corrected chi connectivity index (χ3v) is 1.05. The van der Waals surface area contributed by atoms with Crippen LogP contribution in [0.2, 0.25) is 0 Å². The smallest absolute Gasteiger partial charge is 0.0931 e. The van der Waals surface area contributed by atoms with Crippen molar-refractivity contribution in [3.63, 3.8) is 0 Å². The quantitative estimate of drug-likeness (QED) is 0.476. The van der Waals surface area contributed by atoms with Crippen molar-refractivity contribution < 1.29 is 4.39 Å². The molecule has 0 aliphatic heterocycles. The summed E-state index contributed by atoms with van der Waals surface area (Å²) in [4.78, 5) is 0. The van der Waals surface area contributed by atoms with Gasteiger partial charge in [-0.2, -0.15) is 0 Å². The Morgan fingerprint density at radius 3 is 2.33 bits per heavy atom. The van der Waals surface area contributed by atoms with Gasteiger partial charge >= 0.3 is 0 Å². The molecule has 0 aromatic rings. The molecule has 0 radical (unpaired) electrons. The summed E-state index contributed by atoms with van der Waals surface area (Å²) in [5, 5.41) is 0. The molecule has 0 aliphatic rings. The molecule has 1 atom stereocenters. The maximum absolute atomic E-state index is 11.3. The van der Waals surface area contributed by atoms with Gasteiger partial charge in [-0.15, -0.1) is 11.6 Å². The van der Waals surface area contributed by atoms with Crippen molar-refractivity contribution >= 4 is 11.6 Å². The Morgan fingerprint density at radius 2 is 2.33 bits per heavy atom. The Hall–Kier alpha value is 0.220. The molecule has 0 spiro atoms. The molecule has 0 unspecified atom stereocenters. The molecule has 0 aliphatic carbocycles. The summed E-state index contributed by atoms with van der Waals surface area (Å²) in [6.45, 7) is 1.47. The molecule has 0 rings (SSSR count). The van der Waals surface area contributed by atoms with Crippen LogP contribution in [0.15, 0.2) is 0 Å². The van der Waals surface area contributed by atoms with Crippen LogP contribution >= 0.6 is 11.6 Å². The Labute approximate surface area is 42.3 Å². The fourth-order valence-electron chi connectivity index (χ4n) is 0.0412. The van der Waals surface area contributed by atoms with Crippen LogP contribution in [0.1, 0.15) is 6.92 Å². The number of rotatable bonds is 2. The normalized spacial score (nSPS) is 14.5. The van der Waals surface area contributed by atoms with E-state index in [1.54, 1.807) is 6.92 Å². The van der Waals surface area contributed by atoms with Gasteiger partial charge in [0.25, 0.3) is 0 Å². The minimum absolute atomic E-state index is 0.0340. The average Bonchev–Trinajstić information content (AvgIpc) is 1.65. The first-order valence-electron chi connectivity index (χ1n) is 1.93. The van der Waals surface area contributed by atoms with Gasteiger partial charge < -0.3 is 0 Å². The topological polar surface area (TPSA) is 0 Å². The van der Waals surface area contributed by atoms with Crippen molar-refractivity contribution in [2.45, 2.75) is 6.92 Å². The lowest BCUT2D eigenvalue weighted by Crippen LogP contribution is -1.95. The summed E-state index contributed by atoms with van der Waals surface area (Å²) in [6, 6.07) is 0. The van der Waals surface area contributed by atoms with Crippen molar-refractivity contribution in [2.75, 3.05) is 12.6 Å². The Bertz CT molecular complexity index is 26.7. The van der Waals surface area contributed by atoms with Gasteiger partial charge in [0.1, 0.15) is 0 Å². The molecule has 0 aromatic carbocycles. The van der Waals surface area contributed by atoms with Gasteiger partial charge in [0.15, 0.2) is 0 Å². The SMILES string of the molecule is C[C@@H](CF)CCl. The highest BCUT2D eigenvalue weighted by molar-refractivity contribution is 6.18. The Balaban J connectivity index is 2.75. The first kappa shape index (κ1) is 6.22. The summed E-state index contributed by atoms with van der Waals surface area (Å²) >= 11 is 5.21. The predicted octanol–water partition coefficient (Wildman–Crippen LogP) is 1.83.